The lowest BCUT2D eigenvalue weighted by Crippen LogP contribution is -2.14. The molecule has 8 heteroatoms. The highest BCUT2D eigenvalue weighted by Gasteiger charge is 2.13. The van der Waals surface area contributed by atoms with Crippen LogP contribution in [0.1, 0.15) is 0 Å². The fraction of sp³-hybridized carbons (Fsp3) is 0.118. The minimum atomic E-state index is -0.121. The van der Waals surface area contributed by atoms with Crippen molar-refractivity contribution in [3.05, 3.63) is 53.6 Å². The second-order valence-electron chi connectivity index (χ2n) is 5.33. The summed E-state index contributed by atoms with van der Waals surface area (Å²) in [7, 11) is 1.87. The van der Waals surface area contributed by atoms with Crippen molar-refractivity contribution in [1.82, 2.24) is 14.8 Å². The summed E-state index contributed by atoms with van der Waals surface area (Å²) in [5.74, 6) is 0.834. The van der Waals surface area contributed by atoms with Crippen LogP contribution in [0.3, 0.4) is 0 Å². The number of nitrogens with zero attached hydrogens (tertiary/aromatic N) is 3. The van der Waals surface area contributed by atoms with Gasteiger partial charge < -0.3 is 15.6 Å². The first-order valence-electron chi connectivity index (χ1n) is 7.46. The smallest absolute Gasteiger partial charge is 0.234 e. The van der Waals surface area contributed by atoms with E-state index in [-0.39, 0.29) is 11.7 Å². The van der Waals surface area contributed by atoms with E-state index in [1.54, 1.807) is 24.3 Å². The summed E-state index contributed by atoms with van der Waals surface area (Å²) in [4.78, 5) is 12.1. The van der Waals surface area contributed by atoms with Crippen LogP contribution in [-0.4, -0.2) is 26.4 Å². The Morgan fingerprint density at radius 1 is 1.16 bits per heavy atom. The molecule has 0 spiro atoms. The lowest BCUT2D eigenvalue weighted by molar-refractivity contribution is -0.113. The summed E-state index contributed by atoms with van der Waals surface area (Å²) in [6.07, 6.45) is 0. The fourth-order valence-electron chi connectivity index (χ4n) is 2.18. The van der Waals surface area contributed by atoms with Crippen LogP contribution in [0, 0.1) is 0 Å². The third-order valence-corrected chi connectivity index (χ3v) is 4.74. The molecule has 0 fully saturated rings. The van der Waals surface area contributed by atoms with E-state index < -0.39 is 0 Å². The van der Waals surface area contributed by atoms with E-state index >= 15 is 0 Å². The van der Waals surface area contributed by atoms with Gasteiger partial charge in [0.25, 0.3) is 0 Å². The Labute approximate surface area is 154 Å². The van der Waals surface area contributed by atoms with E-state index in [0.717, 1.165) is 11.4 Å². The van der Waals surface area contributed by atoms with Crippen molar-refractivity contribution in [2.75, 3.05) is 16.8 Å². The molecule has 0 aliphatic rings. The predicted molar refractivity (Wildman–Crippen MR) is 102 cm³/mol. The maximum Gasteiger partial charge on any atom is 0.234 e. The number of benzene rings is 2. The van der Waals surface area contributed by atoms with Gasteiger partial charge in [-0.3, -0.25) is 4.79 Å². The largest absolute Gasteiger partial charge is 0.399 e. The molecule has 25 heavy (non-hydrogen) atoms. The van der Waals surface area contributed by atoms with E-state index in [2.05, 4.69) is 15.5 Å². The second-order valence-corrected chi connectivity index (χ2v) is 6.71. The molecule has 0 aliphatic carbocycles. The number of hydrogen-bond acceptors (Lipinski definition) is 5. The highest BCUT2D eigenvalue weighted by atomic mass is 35.5. The molecule has 3 aromatic rings. The number of hydrogen-bond donors (Lipinski definition) is 2. The van der Waals surface area contributed by atoms with Crippen LogP contribution in [0.5, 0.6) is 0 Å². The molecule has 0 aliphatic heterocycles. The number of anilines is 2. The standard InChI is InChI=1S/C17H16ClN5OS/c1-23-16(11-2-6-13(19)7-3-11)21-22-17(23)25-10-15(24)20-14-8-4-12(18)5-9-14/h2-9H,10,19H2,1H3,(H,20,24). The van der Waals surface area contributed by atoms with Crippen LogP contribution in [0.15, 0.2) is 53.7 Å². The molecule has 128 valence electrons. The molecule has 0 unspecified atom stereocenters. The molecule has 0 bridgehead atoms. The van der Waals surface area contributed by atoms with Gasteiger partial charge in [0.2, 0.25) is 5.91 Å². The number of carbonyl (C=O) groups is 1. The molecule has 0 atom stereocenters. The van der Waals surface area contributed by atoms with Gasteiger partial charge in [-0.15, -0.1) is 10.2 Å². The Kier molecular flexibility index (Phi) is 5.25. The summed E-state index contributed by atoms with van der Waals surface area (Å²) in [6, 6.07) is 14.4. The molecular formula is C17H16ClN5OS. The number of nitrogen functional groups attached to an aromatic ring is 1. The molecule has 1 amide bonds. The Hall–Kier alpha value is -2.51. The average Bonchev–Trinajstić information content (AvgIpc) is 2.97. The van der Waals surface area contributed by atoms with Gasteiger partial charge in [0.05, 0.1) is 5.75 Å². The van der Waals surface area contributed by atoms with Crippen LogP contribution < -0.4 is 11.1 Å². The number of thioether (sulfide) groups is 1. The van der Waals surface area contributed by atoms with Gasteiger partial charge in [-0.25, -0.2) is 0 Å². The van der Waals surface area contributed by atoms with Gasteiger partial charge in [-0.2, -0.15) is 0 Å². The van der Waals surface area contributed by atoms with Gasteiger partial charge in [-0.1, -0.05) is 23.4 Å². The molecule has 3 rings (SSSR count). The average molecular weight is 374 g/mol. The SMILES string of the molecule is Cn1c(SCC(=O)Nc2ccc(Cl)cc2)nnc1-c1ccc(N)cc1. The van der Waals surface area contributed by atoms with Crippen molar-refractivity contribution in [2.45, 2.75) is 5.16 Å². The summed E-state index contributed by atoms with van der Waals surface area (Å²) in [5, 5.41) is 12.4. The predicted octanol–water partition coefficient (Wildman–Crippen LogP) is 3.45. The zero-order valence-electron chi connectivity index (χ0n) is 13.4. The first kappa shape index (κ1) is 17.3. The fourth-order valence-corrected chi connectivity index (χ4v) is 3.02. The van der Waals surface area contributed by atoms with Gasteiger partial charge in [-0.05, 0) is 48.5 Å². The molecular weight excluding hydrogens is 358 g/mol. The van der Waals surface area contributed by atoms with Gasteiger partial charge >= 0.3 is 0 Å². The summed E-state index contributed by atoms with van der Waals surface area (Å²) < 4.78 is 1.85. The lowest BCUT2D eigenvalue weighted by atomic mass is 10.2. The van der Waals surface area contributed by atoms with Crippen molar-refractivity contribution in [3.8, 4) is 11.4 Å². The first-order chi connectivity index (χ1) is 12.0. The Balaban J connectivity index is 1.62. The Bertz CT molecular complexity index is 877. The maximum atomic E-state index is 12.1. The molecule has 1 heterocycles. The van der Waals surface area contributed by atoms with E-state index in [1.165, 1.54) is 11.8 Å². The van der Waals surface area contributed by atoms with Crippen molar-refractivity contribution >= 4 is 40.6 Å². The summed E-state index contributed by atoms with van der Waals surface area (Å²) in [5.41, 5.74) is 8.02. The second kappa shape index (κ2) is 7.58. The molecule has 1 aromatic heterocycles. The highest BCUT2D eigenvalue weighted by Crippen LogP contribution is 2.23. The normalized spacial score (nSPS) is 10.6. The van der Waals surface area contributed by atoms with Crippen LogP contribution >= 0.6 is 23.4 Å². The molecule has 0 saturated heterocycles. The number of nitrogens with two attached hydrogens (primary N) is 1. The van der Waals surface area contributed by atoms with E-state index in [9.17, 15) is 4.79 Å². The Morgan fingerprint density at radius 2 is 1.84 bits per heavy atom. The molecule has 0 saturated carbocycles. The van der Waals surface area contributed by atoms with E-state index in [4.69, 9.17) is 17.3 Å². The molecule has 2 aromatic carbocycles. The number of rotatable bonds is 5. The minimum absolute atomic E-state index is 0.121. The van der Waals surface area contributed by atoms with E-state index in [0.29, 0.717) is 21.6 Å². The van der Waals surface area contributed by atoms with Crippen molar-refractivity contribution in [1.29, 1.82) is 0 Å². The van der Waals surface area contributed by atoms with Gasteiger partial charge in [0.15, 0.2) is 11.0 Å². The topological polar surface area (TPSA) is 85.8 Å². The lowest BCUT2D eigenvalue weighted by Gasteiger charge is -2.06. The van der Waals surface area contributed by atoms with Gasteiger partial charge in [0, 0.05) is 29.0 Å². The number of aromatic nitrogens is 3. The number of amides is 1. The maximum absolute atomic E-state index is 12.1. The van der Waals surface area contributed by atoms with Crippen LogP contribution in [0.4, 0.5) is 11.4 Å². The monoisotopic (exact) mass is 373 g/mol. The van der Waals surface area contributed by atoms with Crippen molar-refractivity contribution < 1.29 is 4.79 Å². The van der Waals surface area contributed by atoms with Crippen LogP contribution in [-0.2, 0) is 11.8 Å². The van der Waals surface area contributed by atoms with E-state index in [1.807, 2.05) is 35.9 Å². The minimum Gasteiger partial charge on any atom is -0.399 e. The zero-order valence-corrected chi connectivity index (χ0v) is 15.0. The summed E-state index contributed by atoms with van der Waals surface area (Å²) in [6.45, 7) is 0. The van der Waals surface area contributed by atoms with Crippen molar-refractivity contribution in [2.24, 2.45) is 7.05 Å². The molecule has 3 N–H and O–H groups in total. The first-order valence-corrected chi connectivity index (χ1v) is 8.83. The number of carbonyl (C=O) groups excluding carboxylic acids is 1. The number of nitrogens with one attached hydrogen (secondary N) is 1. The van der Waals surface area contributed by atoms with Crippen LogP contribution in [0.2, 0.25) is 5.02 Å². The number of halogens is 1. The third kappa shape index (κ3) is 4.32. The molecule has 0 radical (unpaired) electrons. The molecule has 6 nitrogen and oxygen atoms in total. The Morgan fingerprint density at radius 3 is 2.52 bits per heavy atom. The van der Waals surface area contributed by atoms with Crippen LogP contribution in [0.25, 0.3) is 11.4 Å². The third-order valence-electron chi connectivity index (χ3n) is 3.46. The van der Waals surface area contributed by atoms with Crippen molar-refractivity contribution in [3.63, 3.8) is 0 Å². The zero-order chi connectivity index (χ0) is 17.8. The quantitative estimate of drug-likeness (QED) is 0.528. The highest BCUT2D eigenvalue weighted by molar-refractivity contribution is 7.99. The summed E-state index contributed by atoms with van der Waals surface area (Å²) >= 11 is 7.15. The van der Waals surface area contributed by atoms with Gasteiger partial charge in [0.1, 0.15) is 0 Å².